The number of hydrogen-bond acceptors (Lipinski definition) is 2. The van der Waals surface area contributed by atoms with Gasteiger partial charge in [-0.15, -0.1) is 0 Å². The summed E-state index contributed by atoms with van der Waals surface area (Å²) in [6.07, 6.45) is 1.91. The molecule has 2 aromatic rings. The van der Waals surface area contributed by atoms with Crippen LogP contribution >= 0.6 is 15.9 Å². The van der Waals surface area contributed by atoms with Crippen molar-refractivity contribution >= 4 is 27.7 Å². The number of hydrogen-bond donors (Lipinski definition) is 1. The van der Waals surface area contributed by atoms with Gasteiger partial charge in [-0.05, 0) is 54.5 Å². The van der Waals surface area contributed by atoms with E-state index in [9.17, 15) is 9.59 Å². The summed E-state index contributed by atoms with van der Waals surface area (Å²) in [5, 5.41) is 2.91. The van der Waals surface area contributed by atoms with Gasteiger partial charge in [0.25, 0.3) is 0 Å². The number of nitrogens with one attached hydrogen (secondary N) is 1. The van der Waals surface area contributed by atoms with Gasteiger partial charge in [-0.3, -0.25) is 9.59 Å². The van der Waals surface area contributed by atoms with Gasteiger partial charge >= 0.3 is 0 Å². The fraction of sp³-hybridized carbons (Fsp3) is 0.440. The second kappa shape index (κ2) is 11.9. The second-order valence-corrected chi connectivity index (χ2v) is 8.93. The molecule has 5 heteroatoms. The predicted octanol–water partition coefficient (Wildman–Crippen LogP) is 5.45. The fourth-order valence-corrected chi connectivity index (χ4v) is 3.49. The summed E-state index contributed by atoms with van der Waals surface area (Å²) in [6, 6.07) is 15.8. The number of benzene rings is 2. The number of carbonyl (C=O) groups excluding carboxylic acids is 2. The summed E-state index contributed by atoms with van der Waals surface area (Å²) in [5.74, 6) is 0.373. The average Bonchev–Trinajstić information content (AvgIpc) is 2.75. The molecule has 0 bridgehead atoms. The lowest BCUT2D eigenvalue weighted by Gasteiger charge is -2.29. The van der Waals surface area contributed by atoms with E-state index >= 15 is 0 Å². The van der Waals surface area contributed by atoms with Gasteiger partial charge < -0.3 is 10.2 Å². The van der Waals surface area contributed by atoms with Crippen LogP contribution in [-0.4, -0.2) is 29.3 Å². The standard InChI is InChI=1S/C25H33BrN2O2/c1-5-16-27-25(30)19(4)28(17-21-8-13-23(26)14-9-21)24(29)15-10-20-6-11-22(12-7-20)18(2)3/h6-9,11-14,18-19H,5,10,15-17H2,1-4H3,(H,27,30). The van der Waals surface area contributed by atoms with Crippen LogP contribution in [0.5, 0.6) is 0 Å². The van der Waals surface area contributed by atoms with Crippen molar-refractivity contribution in [3.8, 4) is 0 Å². The number of aryl methyl sites for hydroxylation is 1. The molecule has 0 fully saturated rings. The zero-order valence-electron chi connectivity index (χ0n) is 18.5. The van der Waals surface area contributed by atoms with Crippen LogP contribution in [0.1, 0.15) is 63.1 Å². The Balaban J connectivity index is 2.09. The van der Waals surface area contributed by atoms with Gasteiger partial charge in [0.15, 0.2) is 0 Å². The Hall–Kier alpha value is -2.14. The predicted molar refractivity (Wildman–Crippen MR) is 126 cm³/mol. The molecule has 4 nitrogen and oxygen atoms in total. The Morgan fingerprint density at radius 3 is 2.13 bits per heavy atom. The molecule has 0 aliphatic rings. The summed E-state index contributed by atoms with van der Waals surface area (Å²) >= 11 is 3.44. The van der Waals surface area contributed by atoms with Gasteiger partial charge in [0.1, 0.15) is 6.04 Å². The van der Waals surface area contributed by atoms with Gasteiger partial charge in [-0.1, -0.05) is 73.1 Å². The molecule has 0 aliphatic heterocycles. The summed E-state index contributed by atoms with van der Waals surface area (Å²) < 4.78 is 0.989. The molecule has 0 saturated carbocycles. The highest BCUT2D eigenvalue weighted by atomic mass is 79.9. The monoisotopic (exact) mass is 472 g/mol. The fourth-order valence-electron chi connectivity index (χ4n) is 3.23. The van der Waals surface area contributed by atoms with E-state index in [1.54, 1.807) is 11.8 Å². The minimum atomic E-state index is -0.518. The minimum absolute atomic E-state index is 0.00926. The zero-order valence-corrected chi connectivity index (χ0v) is 20.0. The molecular formula is C25H33BrN2O2. The van der Waals surface area contributed by atoms with Crippen molar-refractivity contribution in [1.29, 1.82) is 0 Å². The third-order valence-electron chi connectivity index (χ3n) is 5.26. The van der Waals surface area contributed by atoms with E-state index in [1.807, 2.05) is 31.2 Å². The number of nitrogens with zero attached hydrogens (tertiary/aromatic N) is 1. The maximum atomic E-state index is 13.1. The number of amides is 2. The Labute approximate surface area is 189 Å². The maximum Gasteiger partial charge on any atom is 0.242 e. The van der Waals surface area contributed by atoms with E-state index in [0.29, 0.717) is 31.8 Å². The zero-order chi connectivity index (χ0) is 22.1. The molecule has 2 aromatic carbocycles. The third kappa shape index (κ3) is 7.28. The van der Waals surface area contributed by atoms with Crippen LogP contribution in [0.2, 0.25) is 0 Å². The van der Waals surface area contributed by atoms with Crippen LogP contribution in [0.15, 0.2) is 53.0 Å². The average molecular weight is 473 g/mol. The van der Waals surface area contributed by atoms with E-state index in [1.165, 1.54) is 5.56 Å². The van der Waals surface area contributed by atoms with Crippen LogP contribution in [0.3, 0.4) is 0 Å². The van der Waals surface area contributed by atoms with Crippen molar-refractivity contribution in [2.75, 3.05) is 6.54 Å². The number of halogens is 1. The lowest BCUT2D eigenvalue weighted by atomic mass is 10.00. The molecule has 0 saturated heterocycles. The first kappa shape index (κ1) is 24.1. The van der Waals surface area contributed by atoms with Crippen molar-refractivity contribution in [2.24, 2.45) is 0 Å². The van der Waals surface area contributed by atoms with E-state index in [0.717, 1.165) is 22.0 Å². The summed E-state index contributed by atoms with van der Waals surface area (Å²) in [5.41, 5.74) is 3.44. The third-order valence-corrected chi connectivity index (χ3v) is 5.79. The Morgan fingerprint density at radius 2 is 1.57 bits per heavy atom. The molecule has 0 aliphatic carbocycles. The van der Waals surface area contributed by atoms with Gasteiger partial charge in [-0.25, -0.2) is 0 Å². The lowest BCUT2D eigenvalue weighted by Crippen LogP contribution is -2.47. The van der Waals surface area contributed by atoms with E-state index < -0.39 is 6.04 Å². The Bertz CT molecular complexity index is 816. The molecule has 0 radical (unpaired) electrons. The Morgan fingerprint density at radius 1 is 0.967 bits per heavy atom. The van der Waals surface area contributed by atoms with Crippen LogP contribution < -0.4 is 5.32 Å². The molecule has 2 rings (SSSR count). The van der Waals surface area contributed by atoms with Crippen molar-refractivity contribution in [3.63, 3.8) is 0 Å². The lowest BCUT2D eigenvalue weighted by molar-refractivity contribution is -0.140. The van der Waals surface area contributed by atoms with Gasteiger partial charge in [-0.2, -0.15) is 0 Å². The summed E-state index contributed by atoms with van der Waals surface area (Å²) in [6.45, 7) is 9.19. The molecule has 162 valence electrons. The topological polar surface area (TPSA) is 49.4 Å². The van der Waals surface area contributed by atoms with Gasteiger partial charge in [0, 0.05) is 24.0 Å². The first-order chi connectivity index (χ1) is 14.3. The first-order valence-corrected chi connectivity index (χ1v) is 11.5. The van der Waals surface area contributed by atoms with Crippen LogP contribution in [-0.2, 0) is 22.6 Å². The van der Waals surface area contributed by atoms with Crippen LogP contribution in [0, 0.1) is 0 Å². The first-order valence-electron chi connectivity index (χ1n) is 10.7. The van der Waals surface area contributed by atoms with Crippen molar-refractivity contribution in [3.05, 3.63) is 69.7 Å². The SMILES string of the molecule is CCCNC(=O)C(C)N(Cc1ccc(Br)cc1)C(=O)CCc1ccc(C(C)C)cc1. The summed E-state index contributed by atoms with van der Waals surface area (Å²) in [7, 11) is 0. The minimum Gasteiger partial charge on any atom is -0.354 e. The molecule has 1 N–H and O–H groups in total. The number of rotatable bonds is 10. The highest BCUT2D eigenvalue weighted by Gasteiger charge is 2.25. The highest BCUT2D eigenvalue weighted by molar-refractivity contribution is 9.10. The van der Waals surface area contributed by atoms with Gasteiger partial charge in [0.2, 0.25) is 11.8 Å². The van der Waals surface area contributed by atoms with E-state index in [-0.39, 0.29) is 11.8 Å². The molecule has 30 heavy (non-hydrogen) atoms. The van der Waals surface area contributed by atoms with Gasteiger partial charge in [0.05, 0.1) is 0 Å². The Kier molecular flexibility index (Phi) is 9.57. The molecule has 0 spiro atoms. The van der Waals surface area contributed by atoms with E-state index in [2.05, 4.69) is 59.4 Å². The molecule has 1 atom stereocenters. The second-order valence-electron chi connectivity index (χ2n) is 8.01. The van der Waals surface area contributed by atoms with E-state index in [4.69, 9.17) is 0 Å². The molecule has 2 amide bonds. The normalized spacial score (nSPS) is 11.9. The van der Waals surface area contributed by atoms with Crippen molar-refractivity contribution in [2.45, 2.75) is 65.5 Å². The number of carbonyl (C=O) groups is 2. The van der Waals surface area contributed by atoms with Crippen LogP contribution in [0.25, 0.3) is 0 Å². The smallest absolute Gasteiger partial charge is 0.242 e. The van der Waals surface area contributed by atoms with Crippen molar-refractivity contribution < 1.29 is 9.59 Å². The largest absolute Gasteiger partial charge is 0.354 e. The van der Waals surface area contributed by atoms with Crippen LogP contribution in [0.4, 0.5) is 0 Å². The van der Waals surface area contributed by atoms with Crippen molar-refractivity contribution in [1.82, 2.24) is 10.2 Å². The quantitative estimate of drug-likeness (QED) is 0.499. The molecule has 0 heterocycles. The molecule has 1 unspecified atom stereocenters. The molecular weight excluding hydrogens is 440 g/mol. The summed E-state index contributed by atoms with van der Waals surface area (Å²) in [4.78, 5) is 27.4. The molecule has 0 aromatic heterocycles. The highest BCUT2D eigenvalue weighted by Crippen LogP contribution is 2.18. The maximum absolute atomic E-state index is 13.1.